The third kappa shape index (κ3) is 20.7. The number of carbonyl (C=O) groups is 1. The summed E-state index contributed by atoms with van der Waals surface area (Å²) in [7, 11) is 0. The Morgan fingerprint density at radius 3 is 1.15 bits per heavy atom. The molecule has 26 heavy (non-hydrogen) atoms. The molecular weight excluding hydrogens is 435 g/mol. The van der Waals surface area contributed by atoms with E-state index in [1.165, 1.54) is 109 Å². The molecule has 156 valence electrons. The van der Waals surface area contributed by atoms with Gasteiger partial charge in [-0.15, -0.1) is 0 Å². The molecule has 0 heterocycles. The highest BCUT2D eigenvalue weighted by molar-refractivity contribution is 14.1. The molecule has 0 radical (unpaired) electrons. The fourth-order valence-corrected chi connectivity index (χ4v) is 3.84. The molecule has 0 aliphatic rings. The lowest BCUT2D eigenvalue weighted by Gasteiger charge is -2.05. The molecule has 3 heteroatoms. The highest BCUT2D eigenvalue weighted by Gasteiger charge is 2.09. The first-order valence-corrected chi connectivity index (χ1v) is 12.6. The summed E-state index contributed by atoms with van der Waals surface area (Å²) in [5.41, 5.74) is 0. The summed E-state index contributed by atoms with van der Waals surface area (Å²) in [5, 5.41) is 9.41. The first-order chi connectivity index (χ1) is 12.7. The van der Waals surface area contributed by atoms with Gasteiger partial charge in [0.05, 0.1) is 0 Å². The largest absolute Gasteiger partial charge is 0.384 e. The standard InChI is InChI=1S/C23H45IO2/c1-2-3-4-5-6-7-8-9-10-11-12-13-14-15-16-17-18-19-20-21-22(25)23(24)26/h22,25H,2-21H2,1H3/t22-/m1/s1. The van der Waals surface area contributed by atoms with Gasteiger partial charge >= 0.3 is 0 Å². The van der Waals surface area contributed by atoms with E-state index in [0.29, 0.717) is 6.42 Å². The van der Waals surface area contributed by atoms with Gasteiger partial charge in [0.1, 0.15) is 6.10 Å². The van der Waals surface area contributed by atoms with Crippen molar-refractivity contribution in [1.29, 1.82) is 0 Å². The number of hydrogen-bond acceptors (Lipinski definition) is 2. The molecule has 0 fully saturated rings. The lowest BCUT2D eigenvalue weighted by atomic mass is 10.0. The minimum atomic E-state index is -0.735. The predicted molar refractivity (Wildman–Crippen MR) is 123 cm³/mol. The molecule has 0 bridgehead atoms. The summed E-state index contributed by atoms with van der Waals surface area (Å²) in [5.74, 6) is 0. The number of hydrogen-bond donors (Lipinski definition) is 1. The highest BCUT2D eigenvalue weighted by atomic mass is 127. The number of aliphatic hydroxyl groups is 1. The van der Waals surface area contributed by atoms with Crippen LogP contribution in [0.3, 0.4) is 0 Å². The van der Waals surface area contributed by atoms with Crippen molar-refractivity contribution < 1.29 is 9.90 Å². The Kier molecular flexibility index (Phi) is 22.0. The van der Waals surface area contributed by atoms with Crippen LogP contribution < -0.4 is 0 Å². The van der Waals surface area contributed by atoms with E-state index < -0.39 is 6.10 Å². The van der Waals surface area contributed by atoms with Gasteiger partial charge in [-0.05, 0) is 6.42 Å². The van der Waals surface area contributed by atoms with Crippen LogP contribution in [-0.4, -0.2) is 15.0 Å². The van der Waals surface area contributed by atoms with Crippen LogP contribution in [0, 0.1) is 0 Å². The van der Waals surface area contributed by atoms with Gasteiger partial charge in [0.25, 0.3) is 0 Å². The van der Waals surface area contributed by atoms with Crippen molar-refractivity contribution in [3.05, 3.63) is 0 Å². The Morgan fingerprint density at radius 1 is 0.615 bits per heavy atom. The molecule has 2 nitrogen and oxygen atoms in total. The molecule has 0 aromatic rings. The maximum absolute atomic E-state index is 10.9. The first kappa shape index (κ1) is 26.4. The van der Waals surface area contributed by atoms with Gasteiger partial charge in [0.2, 0.25) is 3.79 Å². The highest BCUT2D eigenvalue weighted by Crippen LogP contribution is 2.15. The zero-order chi connectivity index (χ0) is 19.3. The van der Waals surface area contributed by atoms with E-state index in [2.05, 4.69) is 6.92 Å². The molecule has 1 atom stereocenters. The van der Waals surface area contributed by atoms with Gasteiger partial charge in [-0.25, -0.2) is 0 Å². The van der Waals surface area contributed by atoms with Crippen LogP contribution in [0.15, 0.2) is 0 Å². The fourth-order valence-electron chi connectivity index (χ4n) is 3.53. The van der Waals surface area contributed by atoms with Gasteiger partial charge in [-0.1, -0.05) is 129 Å². The maximum Gasteiger partial charge on any atom is 0.220 e. The van der Waals surface area contributed by atoms with Crippen molar-refractivity contribution in [2.45, 2.75) is 141 Å². The van der Waals surface area contributed by atoms with Gasteiger partial charge in [0.15, 0.2) is 0 Å². The second-order valence-corrected chi connectivity index (χ2v) is 9.04. The molecule has 0 aliphatic heterocycles. The SMILES string of the molecule is CCCCCCCCCCCCCCCCCCCCC[C@@H](O)C(=O)I. The second kappa shape index (κ2) is 21.7. The van der Waals surface area contributed by atoms with E-state index in [4.69, 9.17) is 0 Å². The van der Waals surface area contributed by atoms with Crippen LogP contribution in [0.2, 0.25) is 0 Å². The molecular formula is C23H45IO2. The number of aliphatic hydroxyl groups excluding tert-OH is 1. The molecule has 0 spiro atoms. The minimum absolute atomic E-state index is 0.120. The second-order valence-electron chi connectivity index (χ2n) is 7.97. The van der Waals surface area contributed by atoms with E-state index in [-0.39, 0.29) is 3.79 Å². The number of unbranched alkanes of at least 4 members (excludes halogenated alkanes) is 18. The summed E-state index contributed by atoms with van der Waals surface area (Å²) >= 11 is 1.69. The van der Waals surface area contributed by atoms with Gasteiger partial charge in [-0.2, -0.15) is 0 Å². The van der Waals surface area contributed by atoms with Crippen LogP contribution in [0.5, 0.6) is 0 Å². The molecule has 0 saturated carbocycles. The van der Waals surface area contributed by atoms with E-state index in [1.54, 1.807) is 22.6 Å². The number of carbonyl (C=O) groups excluding carboxylic acids is 1. The Bertz CT molecular complexity index is 294. The number of rotatable bonds is 21. The van der Waals surface area contributed by atoms with Crippen molar-refractivity contribution in [1.82, 2.24) is 0 Å². The van der Waals surface area contributed by atoms with Gasteiger partial charge < -0.3 is 5.11 Å². The Hall–Kier alpha value is 0.360. The monoisotopic (exact) mass is 480 g/mol. The van der Waals surface area contributed by atoms with E-state index >= 15 is 0 Å². The normalized spacial score (nSPS) is 12.4. The Balaban J connectivity index is 3.04. The Morgan fingerprint density at radius 2 is 0.885 bits per heavy atom. The number of halogens is 1. The third-order valence-corrected chi connectivity index (χ3v) is 6.06. The zero-order valence-corrected chi connectivity index (χ0v) is 19.6. The van der Waals surface area contributed by atoms with E-state index in [0.717, 1.165) is 12.8 Å². The lowest BCUT2D eigenvalue weighted by Crippen LogP contribution is -2.13. The Labute approximate surface area is 177 Å². The topological polar surface area (TPSA) is 37.3 Å². The van der Waals surface area contributed by atoms with Crippen molar-refractivity contribution in [3.8, 4) is 0 Å². The van der Waals surface area contributed by atoms with Crippen LogP contribution in [0.1, 0.15) is 135 Å². The summed E-state index contributed by atoms with van der Waals surface area (Å²) in [6.07, 6.45) is 26.0. The summed E-state index contributed by atoms with van der Waals surface area (Å²) in [4.78, 5) is 10.9. The van der Waals surface area contributed by atoms with Crippen molar-refractivity contribution in [2.75, 3.05) is 0 Å². The predicted octanol–water partition coefficient (Wildman–Crippen LogP) is 8.13. The van der Waals surface area contributed by atoms with Gasteiger partial charge in [0, 0.05) is 22.6 Å². The first-order valence-electron chi connectivity index (χ1n) is 11.6. The average Bonchev–Trinajstić information content (AvgIpc) is 2.63. The van der Waals surface area contributed by atoms with E-state index in [1.807, 2.05) is 0 Å². The summed E-state index contributed by atoms with van der Waals surface area (Å²) < 4.78 is -0.120. The van der Waals surface area contributed by atoms with Crippen LogP contribution in [0.4, 0.5) is 0 Å². The molecule has 0 unspecified atom stereocenters. The minimum Gasteiger partial charge on any atom is -0.384 e. The van der Waals surface area contributed by atoms with Crippen molar-refractivity contribution in [2.24, 2.45) is 0 Å². The summed E-state index contributed by atoms with van der Waals surface area (Å²) in [6, 6.07) is 0. The quantitative estimate of drug-likeness (QED) is 0.102. The molecule has 0 aromatic heterocycles. The molecule has 0 rings (SSSR count). The maximum atomic E-state index is 10.9. The smallest absolute Gasteiger partial charge is 0.220 e. The van der Waals surface area contributed by atoms with Gasteiger partial charge in [-0.3, -0.25) is 4.79 Å². The molecule has 0 saturated heterocycles. The van der Waals surface area contributed by atoms with Crippen molar-refractivity contribution in [3.63, 3.8) is 0 Å². The molecule has 0 aromatic carbocycles. The molecule has 0 aliphatic carbocycles. The average molecular weight is 481 g/mol. The van der Waals surface area contributed by atoms with Crippen molar-refractivity contribution >= 4 is 26.4 Å². The van der Waals surface area contributed by atoms with Crippen LogP contribution >= 0.6 is 22.6 Å². The lowest BCUT2D eigenvalue weighted by molar-refractivity contribution is -0.116. The molecule has 0 amide bonds. The third-order valence-electron chi connectivity index (χ3n) is 5.34. The fraction of sp³-hybridized carbons (Fsp3) is 0.957. The van der Waals surface area contributed by atoms with Crippen LogP contribution in [-0.2, 0) is 4.79 Å². The zero-order valence-electron chi connectivity index (χ0n) is 17.5. The van der Waals surface area contributed by atoms with E-state index in [9.17, 15) is 9.90 Å². The molecule has 1 N–H and O–H groups in total. The van der Waals surface area contributed by atoms with Crippen LogP contribution in [0.25, 0.3) is 0 Å². The summed E-state index contributed by atoms with van der Waals surface area (Å²) in [6.45, 7) is 2.28.